The van der Waals surface area contributed by atoms with Crippen molar-refractivity contribution in [1.29, 1.82) is 5.26 Å². The van der Waals surface area contributed by atoms with E-state index in [1.807, 2.05) is 49.4 Å². The van der Waals surface area contributed by atoms with Gasteiger partial charge in [-0.1, -0.05) is 49.1 Å². The molecule has 0 radical (unpaired) electrons. The number of nitrogens with two attached hydrogens (primary N) is 1. The van der Waals surface area contributed by atoms with Gasteiger partial charge in [0, 0.05) is 12.0 Å². The molecule has 0 spiro atoms. The van der Waals surface area contributed by atoms with E-state index >= 15 is 0 Å². The van der Waals surface area contributed by atoms with E-state index < -0.39 is 5.92 Å². The van der Waals surface area contributed by atoms with E-state index in [9.17, 15) is 14.0 Å². The highest BCUT2D eigenvalue weighted by Gasteiger charge is 2.22. The van der Waals surface area contributed by atoms with Gasteiger partial charge in [-0.2, -0.15) is 5.26 Å². The summed E-state index contributed by atoms with van der Waals surface area (Å²) >= 11 is 0. The van der Waals surface area contributed by atoms with Gasteiger partial charge in [0.05, 0.1) is 0 Å². The molecule has 0 atom stereocenters. The van der Waals surface area contributed by atoms with Crippen molar-refractivity contribution >= 4 is 5.57 Å². The number of benzene rings is 2. The van der Waals surface area contributed by atoms with E-state index in [4.69, 9.17) is 5.84 Å². The summed E-state index contributed by atoms with van der Waals surface area (Å²) in [6.07, 6.45) is 1.25. The zero-order valence-corrected chi connectivity index (χ0v) is 14.8. The van der Waals surface area contributed by atoms with E-state index in [1.165, 1.54) is 0 Å². The fourth-order valence-corrected chi connectivity index (χ4v) is 2.78. The fraction of sp³-hybridized carbons (Fsp3) is 0.190. The van der Waals surface area contributed by atoms with Crippen molar-refractivity contribution < 1.29 is 8.78 Å². The van der Waals surface area contributed by atoms with Crippen molar-refractivity contribution in [1.82, 2.24) is 5.43 Å². The lowest BCUT2D eigenvalue weighted by atomic mass is 9.94. The van der Waals surface area contributed by atoms with Gasteiger partial charge >= 0.3 is 0 Å². The number of hydrogen-bond acceptors (Lipinski definition) is 3. The molecule has 134 valence electrons. The largest absolute Gasteiger partial charge is 0.315 e. The number of nitrogens with one attached hydrogen (secondary N) is 1. The molecule has 0 saturated carbocycles. The predicted octanol–water partition coefficient (Wildman–Crippen LogP) is 4.74. The molecule has 5 heteroatoms. The number of aryl methyl sites for hydroxylation is 1. The van der Waals surface area contributed by atoms with Crippen molar-refractivity contribution in [3.8, 4) is 17.2 Å². The van der Waals surface area contributed by atoms with Crippen molar-refractivity contribution in [3.05, 3.63) is 77.5 Å². The number of allylic oxidation sites excluding steroid dienone is 3. The zero-order valence-electron chi connectivity index (χ0n) is 14.8. The summed E-state index contributed by atoms with van der Waals surface area (Å²) in [7, 11) is 0. The van der Waals surface area contributed by atoms with Crippen LogP contribution in [0, 0.1) is 18.3 Å². The topological polar surface area (TPSA) is 61.8 Å². The lowest BCUT2D eigenvalue weighted by molar-refractivity contribution is 0.0225. The Balaban J connectivity index is 2.52. The number of hydrazine groups is 1. The number of alkyl halides is 2. The van der Waals surface area contributed by atoms with Crippen molar-refractivity contribution in [2.75, 3.05) is 0 Å². The smallest absolute Gasteiger partial charge is 0.249 e. The Hall–Kier alpha value is -2.97. The molecular formula is C21H21F2N3. The van der Waals surface area contributed by atoms with Crippen LogP contribution in [0.2, 0.25) is 0 Å². The Labute approximate surface area is 152 Å². The zero-order chi connectivity index (χ0) is 19.3. The maximum atomic E-state index is 13.4. The van der Waals surface area contributed by atoms with E-state index in [0.717, 1.165) is 29.2 Å². The minimum Gasteiger partial charge on any atom is -0.315 e. The molecule has 0 heterocycles. The lowest BCUT2D eigenvalue weighted by Gasteiger charge is -2.14. The van der Waals surface area contributed by atoms with Gasteiger partial charge in [-0.3, -0.25) is 0 Å². The number of nitriles is 1. The lowest BCUT2D eigenvalue weighted by Crippen LogP contribution is -2.21. The Morgan fingerprint density at radius 3 is 2.54 bits per heavy atom. The highest BCUT2D eigenvalue weighted by atomic mass is 19.3. The van der Waals surface area contributed by atoms with Crippen molar-refractivity contribution in [3.63, 3.8) is 0 Å². The molecule has 2 aromatic rings. The van der Waals surface area contributed by atoms with Gasteiger partial charge in [-0.25, -0.2) is 14.6 Å². The molecule has 3 nitrogen and oxygen atoms in total. The summed E-state index contributed by atoms with van der Waals surface area (Å²) in [4.78, 5) is 0. The molecule has 26 heavy (non-hydrogen) atoms. The first-order valence-corrected chi connectivity index (χ1v) is 8.10. The Morgan fingerprint density at radius 2 is 1.96 bits per heavy atom. The third-order valence-corrected chi connectivity index (χ3v) is 4.09. The molecule has 0 amide bonds. The average Bonchev–Trinajstić information content (AvgIpc) is 2.60. The molecule has 2 rings (SSSR count). The summed E-state index contributed by atoms with van der Waals surface area (Å²) in [5, 5.41) is 9.18. The maximum Gasteiger partial charge on any atom is 0.249 e. The molecule has 0 unspecified atom stereocenters. The van der Waals surface area contributed by atoms with Gasteiger partial charge in [0.2, 0.25) is 5.92 Å². The third kappa shape index (κ3) is 4.56. The summed E-state index contributed by atoms with van der Waals surface area (Å²) in [6, 6.07) is 15.0. The van der Waals surface area contributed by atoms with Crippen LogP contribution < -0.4 is 11.3 Å². The van der Waals surface area contributed by atoms with Crippen LogP contribution >= 0.6 is 0 Å². The normalized spacial score (nSPS) is 12.2. The molecule has 2 aromatic carbocycles. The minimum absolute atomic E-state index is 0.201. The van der Waals surface area contributed by atoms with Crippen LogP contribution in [0.4, 0.5) is 8.78 Å². The van der Waals surface area contributed by atoms with Crippen LogP contribution in [0.5, 0.6) is 0 Å². The van der Waals surface area contributed by atoms with Gasteiger partial charge in [0.25, 0.3) is 0 Å². The van der Waals surface area contributed by atoms with Crippen LogP contribution in [0.1, 0.15) is 23.6 Å². The van der Waals surface area contributed by atoms with Crippen LogP contribution in [-0.4, -0.2) is 5.92 Å². The van der Waals surface area contributed by atoms with Crippen LogP contribution in [0.25, 0.3) is 16.7 Å². The number of hydrogen-bond donors (Lipinski definition) is 2. The third-order valence-electron chi connectivity index (χ3n) is 4.09. The van der Waals surface area contributed by atoms with Gasteiger partial charge in [-0.15, -0.1) is 0 Å². The Morgan fingerprint density at radius 1 is 1.27 bits per heavy atom. The second-order valence-electron chi connectivity index (χ2n) is 6.22. The fourth-order valence-electron chi connectivity index (χ4n) is 2.78. The molecule has 0 aliphatic rings. The summed E-state index contributed by atoms with van der Waals surface area (Å²) < 4.78 is 26.9. The quantitative estimate of drug-likeness (QED) is 0.341. The first kappa shape index (κ1) is 19.4. The van der Waals surface area contributed by atoms with Crippen LogP contribution in [0.15, 0.2) is 60.8 Å². The molecule has 3 N–H and O–H groups in total. The standard InChI is InChI=1S/C21H21F2N3/c1-4-19(20(13-24)26-25)17-7-5-6-15(10-17)16-9-8-14(2)18(11-16)12-21(3,22)23/h4-11,26H,1,12,25H2,2-3H3/b20-19+. The molecule has 0 aliphatic heterocycles. The molecule has 0 fully saturated rings. The van der Waals surface area contributed by atoms with Crippen molar-refractivity contribution in [2.24, 2.45) is 5.84 Å². The minimum atomic E-state index is -2.77. The van der Waals surface area contributed by atoms with Crippen molar-refractivity contribution in [2.45, 2.75) is 26.2 Å². The van der Waals surface area contributed by atoms with Crippen LogP contribution in [0.3, 0.4) is 0 Å². The Kier molecular flexibility index (Phi) is 5.91. The van der Waals surface area contributed by atoms with Crippen LogP contribution in [-0.2, 0) is 6.42 Å². The second-order valence-corrected chi connectivity index (χ2v) is 6.22. The van der Waals surface area contributed by atoms with Gasteiger partial charge in [0.1, 0.15) is 11.8 Å². The summed E-state index contributed by atoms with van der Waals surface area (Å²) in [5.74, 6) is 2.63. The average molecular weight is 353 g/mol. The predicted molar refractivity (Wildman–Crippen MR) is 101 cm³/mol. The van der Waals surface area contributed by atoms with E-state index in [1.54, 1.807) is 12.1 Å². The first-order valence-electron chi connectivity index (χ1n) is 8.10. The Bertz CT molecular complexity index is 887. The number of nitrogens with zero attached hydrogens (tertiary/aromatic N) is 1. The summed E-state index contributed by atoms with van der Waals surface area (Å²) in [6.45, 7) is 6.48. The van der Waals surface area contributed by atoms with Gasteiger partial charge < -0.3 is 5.43 Å². The second kappa shape index (κ2) is 7.94. The highest BCUT2D eigenvalue weighted by Crippen LogP contribution is 2.29. The number of rotatable bonds is 6. The number of halogens is 2. The molecule has 0 aliphatic carbocycles. The van der Waals surface area contributed by atoms with E-state index in [-0.39, 0.29) is 12.1 Å². The maximum absolute atomic E-state index is 13.4. The van der Waals surface area contributed by atoms with E-state index in [2.05, 4.69) is 12.0 Å². The summed E-state index contributed by atoms with van der Waals surface area (Å²) in [5.41, 5.74) is 7.03. The molecule has 0 saturated heterocycles. The molecule has 0 aromatic heterocycles. The van der Waals surface area contributed by atoms with Gasteiger partial charge in [-0.05, 0) is 47.7 Å². The van der Waals surface area contributed by atoms with Gasteiger partial charge in [0.15, 0.2) is 0 Å². The molecule has 0 bridgehead atoms. The highest BCUT2D eigenvalue weighted by molar-refractivity contribution is 5.81. The first-order chi connectivity index (χ1) is 12.3. The monoisotopic (exact) mass is 353 g/mol. The SMILES string of the molecule is C=C/C(=C(/C#N)NN)c1cccc(-c2ccc(C)c(CC(C)(F)F)c2)c1. The van der Waals surface area contributed by atoms with E-state index in [0.29, 0.717) is 11.1 Å². The molecular weight excluding hydrogens is 332 g/mol.